The van der Waals surface area contributed by atoms with Crippen LogP contribution in [-0.4, -0.2) is 55.9 Å². The first-order valence-corrected chi connectivity index (χ1v) is 14.0. The number of hydrogen-bond donors (Lipinski definition) is 5. The highest BCUT2D eigenvalue weighted by atomic mass is 32.1. The van der Waals surface area contributed by atoms with Crippen LogP contribution in [0.4, 0.5) is 16.5 Å². The smallest absolute Gasteiger partial charge is 0.267 e. The summed E-state index contributed by atoms with van der Waals surface area (Å²) in [6, 6.07) is 10.6. The summed E-state index contributed by atoms with van der Waals surface area (Å²) < 4.78 is 4.65. The number of amides is 4. The van der Waals surface area contributed by atoms with Gasteiger partial charge < -0.3 is 31.3 Å². The van der Waals surface area contributed by atoms with Crippen LogP contribution in [0.2, 0.25) is 0 Å². The van der Waals surface area contributed by atoms with E-state index in [0.29, 0.717) is 33.4 Å². The minimum absolute atomic E-state index is 0.191. The molecule has 0 fully saturated rings. The molecule has 3 rings (SSSR count). The van der Waals surface area contributed by atoms with Crippen LogP contribution in [0, 0.1) is 13.8 Å². The third kappa shape index (κ3) is 10.0. The van der Waals surface area contributed by atoms with Gasteiger partial charge in [-0.15, -0.1) is 0 Å². The number of aromatic nitrogens is 1. The zero-order valence-electron chi connectivity index (χ0n) is 24.9. The fourth-order valence-corrected chi connectivity index (χ4v) is 4.15. The number of hydrogen-bond acceptors (Lipinski definition) is 8. The molecule has 12 heteroatoms. The molecule has 11 nitrogen and oxygen atoms in total. The minimum Gasteiger partial charge on any atom is -0.504 e. The quantitative estimate of drug-likeness (QED) is 0.168. The standard InChI is InChI=1S/C17H22N4O2S.C13H16N2O3/c1-5-11(3)20-17-19-9-14(24-17)16(23)21-13-8-12(15(22)18-4)7-6-10(13)2;1-9-4-5-10(13(17)14-2)8-11(9)15-12(16)6-7-18-3/h6-9,11H,5H2,1-4H3,(H,18,22)(H,19,20)(H,21,23);4-8H,1-3H3,(H,14,17)(H,15,16)/b;7-6+/t11-;/m1./s1. The Morgan fingerprint density at radius 1 is 0.905 bits per heavy atom. The molecule has 0 bridgehead atoms. The van der Waals surface area contributed by atoms with E-state index >= 15 is 0 Å². The van der Waals surface area contributed by atoms with Crippen molar-refractivity contribution in [2.75, 3.05) is 37.2 Å². The van der Waals surface area contributed by atoms with Crippen LogP contribution in [0.15, 0.2) is 54.9 Å². The highest BCUT2D eigenvalue weighted by Gasteiger charge is 2.14. The van der Waals surface area contributed by atoms with Crippen molar-refractivity contribution in [2.45, 2.75) is 40.2 Å². The van der Waals surface area contributed by atoms with E-state index < -0.39 is 0 Å². The number of nitrogens with one attached hydrogen (secondary N) is 5. The van der Waals surface area contributed by atoms with Gasteiger partial charge in [0.05, 0.1) is 19.6 Å². The van der Waals surface area contributed by atoms with Crippen LogP contribution >= 0.6 is 11.3 Å². The van der Waals surface area contributed by atoms with Gasteiger partial charge >= 0.3 is 0 Å². The minimum atomic E-state index is -0.311. The SMILES string of the molecule is CC[C@@H](C)Nc1ncc(C(=O)Nc2cc(C(=O)NC)ccc2C)s1.CNC(=O)c1ccc(C)c(NC(=O)/C=C/OC)c1. The number of methoxy groups -OCH3 is 1. The zero-order chi connectivity index (χ0) is 31.2. The summed E-state index contributed by atoms with van der Waals surface area (Å²) in [5.74, 6) is -0.933. The summed E-state index contributed by atoms with van der Waals surface area (Å²) in [5, 5.41) is 14.6. The van der Waals surface area contributed by atoms with E-state index in [1.807, 2.05) is 19.9 Å². The maximum absolute atomic E-state index is 12.4. The van der Waals surface area contributed by atoms with Gasteiger partial charge in [0.1, 0.15) is 4.88 Å². The molecule has 0 radical (unpaired) electrons. The summed E-state index contributed by atoms with van der Waals surface area (Å²) in [7, 11) is 4.59. The summed E-state index contributed by atoms with van der Waals surface area (Å²) in [5.41, 5.74) is 3.98. The predicted molar refractivity (Wildman–Crippen MR) is 167 cm³/mol. The lowest BCUT2D eigenvalue weighted by molar-refractivity contribution is -0.112. The van der Waals surface area contributed by atoms with Crippen LogP contribution in [0.25, 0.3) is 0 Å². The van der Waals surface area contributed by atoms with Crippen molar-refractivity contribution in [3.05, 3.63) is 82.1 Å². The third-order valence-corrected chi connectivity index (χ3v) is 6.95. The first kappa shape index (κ1) is 33.5. The molecule has 4 amide bonds. The molecule has 224 valence electrons. The molecule has 2 aromatic carbocycles. The fourth-order valence-electron chi connectivity index (χ4n) is 3.33. The Hall–Kier alpha value is -4.71. The Balaban J connectivity index is 0.000000307. The molecule has 0 saturated heterocycles. The average molecular weight is 595 g/mol. The zero-order valence-corrected chi connectivity index (χ0v) is 25.7. The van der Waals surface area contributed by atoms with Crippen molar-refractivity contribution in [2.24, 2.45) is 0 Å². The number of nitrogens with zero attached hydrogens (tertiary/aromatic N) is 1. The normalized spacial score (nSPS) is 11.0. The molecule has 1 aromatic heterocycles. The Bertz CT molecular complexity index is 1440. The molecular formula is C30H38N6O5S. The van der Waals surface area contributed by atoms with Crippen LogP contribution < -0.4 is 26.6 Å². The lowest BCUT2D eigenvalue weighted by atomic mass is 10.1. The fraction of sp³-hybridized carbons (Fsp3) is 0.300. The second-order valence-corrected chi connectivity index (χ2v) is 10.2. The van der Waals surface area contributed by atoms with E-state index in [1.54, 1.807) is 50.6 Å². The molecule has 0 saturated carbocycles. The number of rotatable bonds is 10. The van der Waals surface area contributed by atoms with Gasteiger partial charge in [0.15, 0.2) is 5.13 Å². The molecule has 5 N–H and O–H groups in total. The topological polar surface area (TPSA) is 151 Å². The predicted octanol–water partition coefficient (Wildman–Crippen LogP) is 4.73. The monoisotopic (exact) mass is 594 g/mol. The molecule has 0 aliphatic heterocycles. The van der Waals surface area contributed by atoms with Gasteiger partial charge in [-0.1, -0.05) is 30.4 Å². The molecule has 0 aliphatic rings. The van der Waals surface area contributed by atoms with Crippen LogP contribution in [-0.2, 0) is 9.53 Å². The average Bonchev–Trinajstić information content (AvgIpc) is 3.46. The van der Waals surface area contributed by atoms with Gasteiger partial charge in [0.25, 0.3) is 23.6 Å². The lowest BCUT2D eigenvalue weighted by Gasteiger charge is -2.10. The Labute approximate surface area is 250 Å². The van der Waals surface area contributed by atoms with E-state index in [9.17, 15) is 19.2 Å². The van der Waals surface area contributed by atoms with Gasteiger partial charge in [0.2, 0.25) is 0 Å². The first-order valence-electron chi connectivity index (χ1n) is 13.2. The van der Waals surface area contributed by atoms with Crippen LogP contribution in [0.3, 0.4) is 0 Å². The Morgan fingerprint density at radius 2 is 1.45 bits per heavy atom. The number of carbonyl (C=O) groups excluding carboxylic acids is 4. The molecule has 0 unspecified atom stereocenters. The van der Waals surface area contributed by atoms with E-state index in [-0.39, 0.29) is 23.6 Å². The molecule has 0 aliphatic carbocycles. The number of carbonyl (C=O) groups is 4. The maximum Gasteiger partial charge on any atom is 0.267 e. The second kappa shape index (κ2) is 16.5. The highest BCUT2D eigenvalue weighted by molar-refractivity contribution is 7.17. The van der Waals surface area contributed by atoms with E-state index in [2.05, 4.69) is 50.2 Å². The Morgan fingerprint density at radius 3 is 1.95 bits per heavy atom. The third-order valence-electron chi connectivity index (χ3n) is 6.03. The second-order valence-electron chi connectivity index (χ2n) is 9.18. The van der Waals surface area contributed by atoms with Crippen molar-refractivity contribution in [1.82, 2.24) is 15.6 Å². The van der Waals surface area contributed by atoms with Gasteiger partial charge in [0, 0.05) is 48.7 Å². The Kier molecular flexibility index (Phi) is 13.2. The molecule has 3 aromatic rings. The molecule has 1 heterocycles. The van der Waals surface area contributed by atoms with Crippen LogP contribution in [0.5, 0.6) is 0 Å². The summed E-state index contributed by atoms with van der Waals surface area (Å²) >= 11 is 1.31. The van der Waals surface area contributed by atoms with Crippen LogP contribution in [0.1, 0.15) is 61.8 Å². The summed E-state index contributed by atoms with van der Waals surface area (Å²) in [4.78, 5) is 51.9. The van der Waals surface area contributed by atoms with E-state index in [4.69, 9.17) is 0 Å². The highest BCUT2D eigenvalue weighted by Crippen LogP contribution is 2.23. The largest absolute Gasteiger partial charge is 0.504 e. The van der Waals surface area contributed by atoms with Crippen molar-refractivity contribution in [3.63, 3.8) is 0 Å². The lowest BCUT2D eigenvalue weighted by Crippen LogP contribution is -2.18. The maximum atomic E-state index is 12.4. The molecular weight excluding hydrogens is 556 g/mol. The number of benzene rings is 2. The summed E-state index contributed by atoms with van der Waals surface area (Å²) in [6.45, 7) is 7.88. The van der Waals surface area contributed by atoms with Crippen molar-refractivity contribution < 1.29 is 23.9 Å². The van der Waals surface area contributed by atoms with Gasteiger partial charge in [-0.25, -0.2) is 4.98 Å². The van der Waals surface area contributed by atoms with Gasteiger partial charge in [-0.2, -0.15) is 0 Å². The molecule has 1 atom stereocenters. The van der Waals surface area contributed by atoms with E-state index in [0.717, 1.165) is 22.7 Å². The van der Waals surface area contributed by atoms with E-state index in [1.165, 1.54) is 30.8 Å². The number of anilines is 3. The molecule has 42 heavy (non-hydrogen) atoms. The first-order chi connectivity index (χ1) is 20.0. The number of aryl methyl sites for hydroxylation is 2. The van der Waals surface area contributed by atoms with Crippen molar-refractivity contribution in [1.29, 1.82) is 0 Å². The molecule has 0 spiro atoms. The van der Waals surface area contributed by atoms with Gasteiger partial charge in [-0.3, -0.25) is 19.2 Å². The summed E-state index contributed by atoms with van der Waals surface area (Å²) in [6.07, 6.45) is 5.09. The number of thiazole rings is 1. The van der Waals surface area contributed by atoms with Crippen molar-refractivity contribution >= 4 is 51.5 Å². The van der Waals surface area contributed by atoms with Crippen molar-refractivity contribution in [3.8, 4) is 0 Å². The van der Waals surface area contributed by atoms with Gasteiger partial charge in [-0.05, 0) is 62.6 Å². The number of ether oxygens (including phenoxy) is 1.